The lowest BCUT2D eigenvalue weighted by atomic mass is 10.3. The van der Waals surface area contributed by atoms with E-state index in [2.05, 4.69) is 21.2 Å². The smallest absolute Gasteiger partial charge is 0.291 e. The summed E-state index contributed by atoms with van der Waals surface area (Å²) in [6.45, 7) is 1.23. The maximum absolute atomic E-state index is 11.0. The Kier molecular flexibility index (Phi) is 3.19. The number of anilines is 1. The molecule has 1 aromatic carbocycles. The van der Waals surface area contributed by atoms with Gasteiger partial charge in [0.25, 0.3) is 5.91 Å². The topological polar surface area (TPSA) is 46.2 Å². The van der Waals surface area contributed by atoms with Crippen LogP contribution in [0.5, 0.6) is 0 Å². The number of amides is 1. The molecule has 0 spiro atoms. The van der Waals surface area contributed by atoms with Gasteiger partial charge in [-0.2, -0.15) is 0 Å². The zero-order valence-electron chi connectivity index (χ0n) is 7.00. The summed E-state index contributed by atoms with van der Waals surface area (Å²) in [7, 11) is 0. The van der Waals surface area contributed by atoms with Crippen molar-refractivity contribution in [3.05, 3.63) is 28.7 Å². The van der Waals surface area contributed by atoms with Crippen LogP contribution in [0, 0.1) is 0 Å². The van der Waals surface area contributed by atoms with Crippen LogP contribution in [0.15, 0.2) is 28.7 Å². The molecule has 0 heterocycles. The zero-order valence-corrected chi connectivity index (χ0v) is 8.59. The fraction of sp³-hybridized carbons (Fsp3) is 0.111. The third-order valence-electron chi connectivity index (χ3n) is 1.44. The summed E-state index contributed by atoms with van der Waals surface area (Å²) in [5.41, 5.74) is 0.600. The summed E-state index contributed by atoms with van der Waals surface area (Å²) in [5, 5.41) is 2.47. The van der Waals surface area contributed by atoms with Crippen molar-refractivity contribution in [1.29, 1.82) is 0 Å². The number of hydrogen-bond donors (Lipinski definition) is 1. The number of rotatable bonds is 2. The van der Waals surface area contributed by atoms with Crippen LogP contribution in [0.25, 0.3) is 0 Å². The minimum Gasteiger partial charge on any atom is -0.318 e. The van der Waals surface area contributed by atoms with E-state index in [1.165, 1.54) is 6.92 Å². The average molecular weight is 242 g/mol. The molecule has 4 heteroatoms. The van der Waals surface area contributed by atoms with Crippen LogP contribution in [0.3, 0.4) is 0 Å². The van der Waals surface area contributed by atoms with E-state index in [0.717, 1.165) is 4.47 Å². The molecule has 0 saturated carbocycles. The molecule has 0 saturated heterocycles. The Hall–Kier alpha value is -1.16. The second-order valence-corrected chi connectivity index (χ2v) is 3.34. The van der Waals surface area contributed by atoms with E-state index < -0.39 is 11.7 Å². The molecule has 13 heavy (non-hydrogen) atoms. The summed E-state index contributed by atoms with van der Waals surface area (Å²) >= 11 is 3.25. The lowest BCUT2D eigenvalue weighted by molar-refractivity contribution is -0.133. The molecular formula is C9H8BrNO2. The van der Waals surface area contributed by atoms with Crippen molar-refractivity contribution < 1.29 is 9.59 Å². The number of carbonyl (C=O) groups excluding carboxylic acids is 2. The standard InChI is InChI=1S/C9H8BrNO2/c1-6(12)9(13)11-8-5-3-2-4-7(8)10/h2-5H,1H3,(H,11,13). The van der Waals surface area contributed by atoms with Crippen molar-refractivity contribution in [2.24, 2.45) is 0 Å². The van der Waals surface area contributed by atoms with Gasteiger partial charge >= 0.3 is 0 Å². The predicted octanol–water partition coefficient (Wildman–Crippen LogP) is 1.98. The summed E-state index contributed by atoms with van der Waals surface area (Å²) < 4.78 is 0.754. The van der Waals surface area contributed by atoms with E-state index in [-0.39, 0.29) is 0 Å². The molecule has 1 N–H and O–H groups in total. The van der Waals surface area contributed by atoms with Gasteiger partial charge in [-0.1, -0.05) is 12.1 Å². The highest BCUT2D eigenvalue weighted by atomic mass is 79.9. The molecule has 0 unspecified atom stereocenters. The van der Waals surface area contributed by atoms with Crippen molar-refractivity contribution in [3.63, 3.8) is 0 Å². The number of benzene rings is 1. The monoisotopic (exact) mass is 241 g/mol. The molecule has 68 valence electrons. The lowest BCUT2D eigenvalue weighted by Gasteiger charge is -2.03. The quantitative estimate of drug-likeness (QED) is 0.806. The van der Waals surface area contributed by atoms with Crippen molar-refractivity contribution in [1.82, 2.24) is 0 Å². The third-order valence-corrected chi connectivity index (χ3v) is 2.13. The largest absolute Gasteiger partial charge is 0.318 e. The average Bonchev–Trinajstić information content (AvgIpc) is 2.08. The zero-order chi connectivity index (χ0) is 9.84. The van der Waals surface area contributed by atoms with E-state index in [4.69, 9.17) is 0 Å². The summed E-state index contributed by atoms with van der Waals surface area (Å²) in [5.74, 6) is -1.11. The Morgan fingerprint density at radius 2 is 1.92 bits per heavy atom. The third kappa shape index (κ3) is 2.66. The van der Waals surface area contributed by atoms with Crippen molar-refractivity contribution in [3.8, 4) is 0 Å². The maximum atomic E-state index is 11.0. The molecule has 1 aromatic rings. The fourth-order valence-electron chi connectivity index (χ4n) is 0.773. The van der Waals surface area contributed by atoms with E-state index in [0.29, 0.717) is 5.69 Å². The second-order valence-electron chi connectivity index (χ2n) is 2.49. The van der Waals surface area contributed by atoms with Gasteiger partial charge in [-0.3, -0.25) is 9.59 Å². The minimum absolute atomic E-state index is 0.504. The normalized spacial score (nSPS) is 9.38. The molecule has 0 aliphatic rings. The maximum Gasteiger partial charge on any atom is 0.291 e. The fourth-order valence-corrected chi connectivity index (χ4v) is 1.16. The number of ketones is 1. The number of para-hydroxylation sites is 1. The number of carbonyl (C=O) groups is 2. The van der Waals surface area contributed by atoms with Gasteiger partial charge in [0.1, 0.15) is 0 Å². The summed E-state index contributed by atoms with van der Waals surface area (Å²) in [6.07, 6.45) is 0. The Morgan fingerprint density at radius 1 is 1.31 bits per heavy atom. The van der Waals surface area contributed by atoms with Crippen LogP contribution >= 0.6 is 15.9 Å². The number of nitrogens with one attached hydrogen (secondary N) is 1. The molecule has 0 aromatic heterocycles. The van der Waals surface area contributed by atoms with Gasteiger partial charge in [0, 0.05) is 11.4 Å². The van der Waals surface area contributed by atoms with Crippen LogP contribution in [0.4, 0.5) is 5.69 Å². The summed E-state index contributed by atoms with van der Waals surface area (Å²) in [4.78, 5) is 21.6. The Labute approximate surface area is 84.3 Å². The molecule has 0 fully saturated rings. The molecule has 3 nitrogen and oxygen atoms in total. The SMILES string of the molecule is CC(=O)C(=O)Nc1ccccc1Br. The van der Waals surface area contributed by atoms with Gasteiger partial charge in [0.2, 0.25) is 5.78 Å². The molecule has 1 rings (SSSR count). The molecule has 0 bridgehead atoms. The van der Waals surface area contributed by atoms with Gasteiger partial charge in [-0.05, 0) is 28.1 Å². The van der Waals surface area contributed by atoms with Gasteiger partial charge in [0.15, 0.2) is 0 Å². The molecule has 0 radical (unpaired) electrons. The van der Waals surface area contributed by atoms with E-state index >= 15 is 0 Å². The first kappa shape index (κ1) is 9.92. The molecule has 0 aliphatic carbocycles. The number of Topliss-reactive ketones (excluding diaryl/α,β-unsaturated/α-hetero) is 1. The molecule has 0 aliphatic heterocycles. The highest BCUT2D eigenvalue weighted by molar-refractivity contribution is 9.10. The Bertz CT molecular complexity index is 349. The number of hydrogen-bond acceptors (Lipinski definition) is 2. The van der Waals surface area contributed by atoms with E-state index in [1.54, 1.807) is 18.2 Å². The minimum atomic E-state index is -0.605. The number of halogens is 1. The van der Waals surface area contributed by atoms with Gasteiger partial charge in [0.05, 0.1) is 5.69 Å². The van der Waals surface area contributed by atoms with E-state index in [1.807, 2.05) is 6.07 Å². The van der Waals surface area contributed by atoms with E-state index in [9.17, 15) is 9.59 Å². The Balaban J connectivity index is 2.81. The second kappa shape index (κ2) is 4.18. The van der Waals surface area contributed by atoms with Crippen LogP contribution in [0.1, 0.15) is 6.92 Å². The van der Waals surface area contributed by atoms with Crippen LogP contribution in [-0.4, -0.2) is 11.7 Å². The lowest BCUT2D eigenvalue weighted by Crippen LogP contribution is -2.19. The molecule has 1 amide bonds. The highest BCUT2D eigenvalue weighted by Crippen LogP contribution is 2.20. The van der Waals surface area contributed by atoms with Crippen molar-refractivity contribution >= 4 is 33.3 Å². The van der Waals surface area contributed by atoms with Crippen LogP contribution in [0.2, 0.25) is 0 Å². The van der Waals surface area contributed by atoms with Gasteiger partial charge in [-0.15, -0.1) is 0 Å². The summed E-state index contributed by atoms with van der Waals surface area (Å²) in [6, 6.07) is 7.11. The first-order chi connectivity index (χ1) is 6.11. The predicted molar refractivity (Wildman–Crippen MR) is 53.5 cm³/mol. The van der Waals surface area contributed by atoms with Gasteiger partial charge in [-0.25, -0.2) is 0 Å². The molecular weight excluding hydrogens is 234 g/mol. The van der Waals surface area contributed by atoms with Crippen LogP contribution < -0.4 is 5.32 Å². The van der Waals surface area contributed by atoms with Crippen molar-refractivity contribution in [2.75, 3.05) is 5.32 Å². The highest BCUT2D eigenvalue weighted by Gasteiger charge is 2.08. The first-order valence-corrected chi connectivity index (χ1v) is 4.47. The van der Waals surface area contributed by atoms with Crippen molar-refractivity contribution in [2.45, 2.75) is 6.92 Å². The van der Waals surface area contributed by atoms with Gasteiger partial charge < -0.3 is 5.32 Å². The first-order valence-electron chi connectivity index (χ1n) is 3.67. The van der Waals surface area contributed by atoms with Crippen LogP contribution in [-0.2, 0) is 9.59 Å². The Morgan fingerprint density at radius 3 is 2.46 bits per heavy atom. The molecule has 0 atom stereocenters.